The Bertz CT molecular complexity index is 1150. The topological polar surface area (TPSA) is 122 Å². The molecule has 1 heterocycles. The van der Waals surface area contributed by atoms with Gasteiger partial charge in [0.15, 0.2) is 0 Å². The van der Waals surface area contributed by atoms with Gasteiger partial charge in [0.1, 0.15) is 17.5 Å². The van der Waals surface area contributed by atoms with Crippen molar-refractivity contribution in [1.82, 2.24) is 10.2 Å². The number of hydrogen-bond acceptors (Lipinski definition) is 7. The predicted octanol–water partition coefficient (Wildman–Crippen LogP) is 3.06. The first kappa shape index (κ1) is 26.4. The fourth-order valence-electron chi connectivity index (χ4n) is 4.27. The minimum Gasteiger partial charge on any atom is -0.495 e. The molecule has 11 heteroatoms. The minimum atomic E-state index is -3.98. The third-order valence-corrected chi connectivity index (χ3v) is 7.20. The molecule has 10 nitrogen and oxygen atoms in total. The van der Waals surface area contributed by atoms with Gasteiger partial charge in [0.25, 0.3) is 5.69 Å². The fraction of sp³-hybridized carbons (Fsp3) is 0.458. The van der Waals surface area contributed by atoms with Crippen LogP contribution in [0.5, 0.6) is 5.75 Å². The lowest BCUT2D eigenvalue weighted by atomic mass is 10.1. The van der Waals surface area contributed by atoms with Crippen molar-refractivity contribution < 1.29 is 22.9 Å². The Morgan fingerprint density at radius 1 is 1.17 bits per heavy atom. The van der Waals surface area contributed by atoms with Crippen LogP contribution in [0.15, 0.2) is 42.5 Å². The summed E-state index contributed by atoms with van der Waals surface area (Å²) in [6.45, 7) is 5.03. The summed E-state index contributed by atoms with van der Waals surface area (Å²) in [5.41, 5.74) is 1.72. The van der Waals surface area contributed by atoms with Crippen LogP contribution < -0.4 is 14.4 Å². The van der Waals surface area contributed by atoms with Gasteiger partial charge in [-0.15, -0.1) is 0 Å². The summed E-state index contributed by atoms with van der Waals surface area (Å²) in [6.07, 6.45) is 3.57. The zero-order valence-corrected chi connectivity index (χ0v) is 21.1. The average Bonchev–Trinajstić information content (AvgIpc) is 3.33. The Hall–Kier alpha value is -3.18. The number of ether oxygens (including phenoxy) is 1. The Labute approximate surface area is 206 Å². The molecule has 1 aliphatic rings. The van der Waals surface area contributed by atoms with Crippen LogP contribution >= 0.6 is 0 Å². The van der Waals surface area contributed by atoms with Crippen LogP contribution in [0.25, 0.3) is 0 Å². The number of non-ortho nitro benzene ring substituents is 1. The lowest BCUT2D eigenvalue weighted by molar-refractivity contribution is -0.384. The van der Waals surface area contributed by atoms with Gasteiger partial charge in [0.05, 0.1) is 18.3 Å². The van der Waals surface area contributed by atoms with Gasteiger partial charge in [-0.25, -0.2) is 8.42 Å². The number of carbonyl (C=O) groups is 1. The summed E-state index contributed by atoms with van der Waals surface area (Å²) in [5, 5.41) is 14.1. The second kappa shape index (κ2) is 11.5. The smallest absolute Gasteiger partial charge is 0.271 e. The summed E-state index contributed by atoms with van der Waals surface area (Å²) in [6, 6.07) is 10.5. The zero-order valence-electron chi connectivity index (χ0n) is 20.3. The number of hydrogen-bond donors (Lipinski definition) is 1. The first-order chi connectivity index (χ1) is 16.6. The first-order valence-corrected chi connectivity index (χ1v) is 13.4. The van der Waals surface area contributed by atoms with Gasteiger partial charge < -0.3 is 10.1 Å². The van der Waals surface area contributed by atoms with Gasteiger partial charge in [-0.1, -0.05) is 31.2 Å². The number of amides is 1. The quantitative estimate of drug-likeness (QED) is 0.369. The van der Waals surface area contributed by atoms with Crippen molar-refractivity contribution in [1.29, 1.82) is 0 Å². The lowest BCUT2D eigenvalue weighted by Crippen LogP contribution is -2.49. The van der Waals surface area contributed by atoms with Crippen molar-refractivity contribution in [2.24, 2.45) is 0 Å². The highest BCUT2D eigenvalue weighted by molar-refractivity contribution is 7.92. The molecule has 0 saturated carbocycles. The molecule has 0 radical (unpaired) electrons. The highest BCUT2D eigenvalue weighted by Crippen LogP contribution is 2.35. The van der Waals surface area contributed by atoms with E-state index in [1.54, 1.807) is 6.92 Å². The van der Waals surface area contributed by atoms with Crippen molar-refractivity contribution in [3.05, 3.63) is 63.7 Å². The maximum atomic E-state index is 13.1. The predicted molar refractivity (Wildman–Crippen MR) is 134 cm³/mol. The van der Waals surface area contributed by atoms with Crippen molar-refractivity contribution in [3.8, 4) is 5.75 Å². The Morgan fingerprint density at radius 2 is 1.80 bits per heavy atom. The SMILES string of the molecule is CC[C@@H](C(=O)NCc1ccc(CN2CCCC2)cc1)N(c1cc([N+](=O)[O-])ccc1OC)S(C)(=O)=O. The molecule has 3 rings (SSSR count). The van der Waals surface area contributed by atoms with Gasteiger partial charge >= 0.3 is 0 Å². The van der Waals surface area contributed by atoms with E-state index < -0.39 is 26.9 Å². The van der Waals surface area contributed by atoms with Crippen LogP contribution in [0.1, 0.15) is 37.3 Å². The number of sulfonamides is 1. The van der Waals surface area contributed by atoms with Crippen LogP contribution in [-0.2, 0) is 27.9 Å². The normalized spacial score (nSPS) is 14.9. The largest absolute Gasteiger partial charge is 0.495 e. The number of nitrogens with one attached hydrogen (secondary N) is 1. The van der Waals surface area contributed by atoms with Crippen LogP contribution in [-0.4, -0.2) is 56.6 Å². The monoisotopic (exact) mass is 504 g/mol. The van der Waals surface area contributed by atoms with E-state index >= 15 is 0 Å². The molecule has 1 atom stereocenters. The van der Waals surface area contributed by atoms with E-state index in [9.17, 15) is 23.3 Å². The number of benzene rings is 2. The lowest BCUT2D eigenvalue weighted by Gasteiger charge is -2.31. The Morgan fingerprint density at radius 3 is 2.34 bits per heavy atom. The molecule has 190 valence electrons. The summed E-state index contributed by atoms with van der Waals surface area (Å²) in [5.74, 6) is -0.395. The van der Waals surface area contributed by atoms with Crippen LogP contribution in [0.3, 0.4) is 0 Å². The Balaban J connectivity index is 1.77. The van der Waals surface area contributed by atoms with E-state index in [-0.39, 0.29) is 30.1 Å². The van der Waals surface area contributed by atoms with E-state index in [0.717, 1.165) is 41.8 Å². The number of nitro groups is 1. The summed E-state index contributed by atoms with van der Waals surface area (Å²) in [7, 11) is -2.65. The second-order valence-corrected chi connectivity index (χ2v) is 10.5. The van der Waals surface area contributed by atoms with E-state index in [1.807, 2.05) is 24.3 Å². The Kier molecular flexibility index (Phi) is 8.68. The minimum absolute atomic E-state index is 0.0579. The molecule has 35 heavy (non-hydrogen) atoms. The number of methoxy groups -OCH3 is 1. The molecular weight excluding hydrogens is 472 g/mol. The van der Waals surface area contributed by atoms with E-state index in [2.05, 4.69) is 10.2 Å². The highest BCUT2D eigenvalue weighted by atomic mass is 32.2. The maximum Gasteiger partial charge on any atom is 0.271 e. The summed E-state index contributed by atoms with van der Waals surface area (Å²) < 4.78 is 31.7. The van der Waals surface area contributed by atoms with Gasteiger partial charge in [-0.05, 0) is 49.5 Å². The molecule has 2 aromatic rings. The van der Waals surface area contributed by atoms with E-state index in [1.165, 1.54) is 37.6 Å². The molecule has 1 saturated heterocycles. The molecule has 0 spiro atoms. The number of nitro benzene ring substituents is 1. The molecule has 1 aliphatic heterocycles. The molecule has 0 aliphatic carbocycles. The third-order valence-electron chi connectivity index (χ3n) is 6.03. The second-order valence-electron chi connectivity index (χ2n) is 8.61. The van der Waals surface area contributed by atoms with Gasteiger partial charge in [0, 0.05) is 25.2 Å². The molecule has 1 N–H and O–H groups in total. The number of rotatable bonds is 11. The third kappa shape index (κ3) is 6.70. The molecule has 2 aromatic carbocycles. The molecular formula is C24H32N4O6S. The van der Waals surface area contributed by atoms with E-state index in [4.69, 9.17) is 4.74 Å². The van der Waals surface area contributed by atoms with Crippen molar-refractivity contribution in [2.75, 3.05) is 30.8 Å². The number of anilines is 1. The van der Waals surface area contributed by atoms with Crippen LogP contribution in [0.2, 0.25) is 0 Å². The summed E-state index contributed by atoms with van der Waals surface area (Å²) in [4.78, 5) is 26.2. The molecule has 0 unspecified atom stereocenters. The zero-order chi connectivity index (χ0) is 25.6. The average molecular weight is 505 g/mol. The van der Waals surface area contributed by atoms with Gasteiger partial charge in [0.2, 0.25) is 15.9 Å². The van der Waals surface area contributed by atoms with Crippen molar-refractivity contribution in [2.45, 2.75) is 45.3 Å². The summed E-state index contributed by atoms with van der Waals surface area (Å²) >= 11 is 0. The number of nitrogens with zero attached hydrogens (tertiary/aromatic N) is 3. The van der Waals surface area contributed by atoms with Gasteiger partial charge in [-0.2, -0.15) is 0 Å². The van der Waals surface area contributed by atoms with Gasteiger partial charge in [-0.3, -0.25) is 24.1 Å². The molecule has 1 amide bonds. The highest BCUT2D eigenvalue weighted by Gasteiger charge is 2.34. The van der Waals surface area contributed by atoms with Crippen LogP contribution in [0.4, 0.5) is 11.4 Å². The van der Waals surface area contributed by atoms with Crippen LogP contribution in [0, 0.1) is 10.1 Å². The maximum absolute atomic E-state index is 13.1. The molecule has 0 bridgehead atoms. The van der Waals surface area contributed by atoms with Crippen molar-refractivity contribution >= 4 is 27.3 Å². The molecule has 1 fully saturated rings. The fourth-order valence-corrected chi connectivity index (χ4v) is 5.48. The standard InChI is InChI=1S/C24H32N4O6S/c1-4-21(27(35(3,32)33)22-15-20(28(30)31)11-12-23(22)34-2)24(29)25-16-18-7-9-19(10-8-18)17-26-13-5-6-14-26/h7-12,15,21H,4-6,13-14,16-17H2,1-3H3,(H,25,29)/t21-/m0/s1. The van der Waals surface area contributed by atoms with E-state index in [0.29, 0.717) is 0 Å². The number of likely N-dealkylation sites (tertiary alicyclic amines) is 1. The first-order valence-electron chi connectivity index (χ1n) is 11.5. The van der Waals surface area contributed by atoms with Crippen molar-refractivity contribution in [3.63, 3.8) is 0 Å². The number of carbonyl (C=O) groups excluding carboxylic acids is 1. The molecule has 0 aromatic heterocycles.